The van der Waals surface area contributed by atoms with Gasteiger partial charge in [0.05, 0.1) is 18.1 Å². The Morgan fingerprint density at radius 2 is 2.05 bits per heavy atom. The van der Waals surface area contributed by atoms with Gasteiger partial charge in [-0.15, -0.1) is 11.3 Å². The number of rotatable bonds is 4. The second-order valence-corrected chi connectivity index (χ2v) is 5.67. The molecule has 3 rings (SSSR count). The minimum Gasteiger partial charge on any atom is -0.275 e. The Balaban J connectivity index is 1.86. The SMILES string of the molecule is O=c1c(Cl)c(N/N=C/c2cccs2)cnn1-c1ccccc1. The molecule has 0 saturated carbocycles. The molecule has 2 aromatic heterocycles. The molecule has 3 aromatic rings. The van der Waals surface area contributed by atoms with Crippen molar-refractivity contribution < 1.29 is 0 Å². The number of thiophene rings is 1. The summed E-state index contributed by atoms with van der Waals surface area (Å²) in [6, 6.07) is 13.0. The van der Waals surface area contributed by atoms with E-state index in [0.717, 1.165) is 4.88 Å². The van der Waals surface area contributed by atoms with Crippen molar-refractivity contribution in [2.45, 2.75) is 0 Å². The van der Waals surface area contributed by atoms with Crippen LogP contribution in [0.3, 0.4) is 0 Å². The topological polar surface area (TPSA) is 59.3 Å². The number of nitrogens with one attached hydrogen (secondary N) is 1. The molecule has 5 nitrogen and oxygen atoms in total. The number of nitrogens with zero attached hydrogens (tertiary/aromatic N) is 3. The summed E-state index contributed by atoms with van der Waals surface area (Å²) in [4.78, 5) is 13.3. The summed E-state index contributed by atoms with van der Waals surface area (Å²) in [7, 11) is 0. The molecule has 22 heavy (non-hydrogen) atoms. The van der Waals surface area contributed by atoms with Gasteiger partial charge in [-0.25, -0.2) is 0 Å². The summed E-state index contributed by atoms with van der Waals surface area (Å²) in [6.45, 7) is 0. The summed E-state index contributed by atoms with van der Waals surface area (Å²) in [6.07, 6.45) is 3.13. The molecule has 1 aromatic carbocycles. The molecule has 0 fully saturated rings. The molecular formula is C15H11ClN4OS. The van der Waals surface area contributed by atoms with Crippen LogP contribution in [0, 0.1) is 0 Å². The highest BCUT2D eigenvalue weighted by molar-refractivity contribution is 7.11. The van der Waals surface area contributed by atoms with Crippen LogP contribution in [0.5, 0.6) is 0 Å². The van der Waals surface area contributed by atoms with Crippen LogP contribution in [0.2, 0.25) is 5.02 Å². The zero-order chi connectivity index (χ0) is 15.4. The van der Waals surface area contributed by atoms with Crippen molar-refractivity contribution in [1.82, 2.24) is 9.78 Å². The van der Waals surface area contributed by atoms with Crippen molar-refractivity contribution in [3.63, 3.8) is 0 Å². The lowest BCUT2D eigenvalue weighted by Crippen LogP contribution is -2.22. The second-order valence-electron chi connectivity index (χ2n) is 4.31. The van der Waals surface area contributed by atoms with Crippen LogP contribution in [-0.4, -0.2) is 16.0 Å². The van der Waals surface area contributed by atoms with Gasteiger partial charge in [-0.1, -0.05) is 35.9 Å². The van der Waals surface area contributed by atoms with Gasteiger partial charge in [0.15, 0.2) is 0 Å². The highest BCUT2D eigenvalue weighted by Gasteiger charge is 2.09. The standard InChI is InChI=1S/C15H11ClN4OS/c16-14-13(19-17-9-12-7-4-8-22-12)10-18-20(15(14)21)11-5-2-1-3-6-11/h1-10,19H/b17-9+. The lowest BCUT2D eigenvalue weighted by molar-refractivity contribution is 0.808. The zero-order valence-corrected chi connectivity index (χ0v) is 12.9. The average Bonchev–Trinajstić information content (AvgIpc) is 3.06. The fourth-order valence-electron chi connectivity index (χ4n) is 1.79. The average molecular weight is 331 g/mol. The minimum absolute atomic E-state index is 0.0437. The predicted octanol–water partition coefficient (Wildman–Crippen LogP) is 3.39. The van der Waals surface area contributed by atoms with Gasteiger partial charge >= 0.3 is 0 Å². The van der Waals surface area contributed by atoms with E-state index < -0.39 is 5.56 Å². The Morgan fingerprint density at radius 1 is 1.23 bits per heavy atom. The van der Waals surface area contributed by atoms with Crippen molar-refractivity contribution in [3.8, 4) is 5.69 Å². The van der Waals surface area contributed by atoms with E-state index in [-0.39, 0.29) is 5.02 Å². The first-order valence-corrected chi connectivity index (χ1v) is 7.67. The number of hydrazone groups is 1. The molecule has 2 heterocycles. The molecule has 0 unspecified atom stereocenters. The summed E-state index contributed by atoms with van der Waals surface area (Å²) < 4.78 is 1.25. The number of benzene rings is 1. The van der Waals surface area contributed by atoms with Crippen molar-refractivity contribution >= 4 is 34.8 Å². The first-order chi connectivity index (χ1) is 10.8. The van der Waals surface area contributed by atoms with Crippen molar-refractivity contribution in [1.29, 1.82) is 0 Å². The molecule has 0 aliphatic rings. The quantitative estimate of drug-likeness (QED) is 0.589. The van der Waals surface area contributed by atoms with E-state index in [1.807, 2.05) is 35.7 Å². The summed E-state index contributed by atoms with van der Waals surface area (Å²) in [5.74, 6) is 0. The molecule has 0 spiro atoms. The van der Waals surface area contributed by atoms with E-state index >= 15 is 0 Å². The maximum Gasteiger partial charge on any atom is 0.292 e. The second kappa shape index (κ2) is 6.55. The fourth-order valence-corrected chi connectivity index (χ4v) is 2.55. The molecule has 0 bridgehead atoms. The van der Waals surface area contributed by atoms with Gasteiger partial charge in [-0.05, 0) is 23.6 Å². The summed E-state index contributed by atoms with van der Waals surface area (Å²) in [5, 5.41) is 10.2. The number of hydrogen-bond acceptors (Lipinski definition) is 5. The lowest BCUT2D eigenvalue weighted by atomic mass is 10.3. The highest BCUT2D eigenvalue weighted by atomic mass is 35.5. The van der Waals surface area contributed by atoms with Crippen LogP contribution in [0.15, 0.2) is 63.9 Å². The number of halogens is 1. The zero-order valence-electron chi connectivity index (χ0n) is 11.3. The molecule has 0 radical (unpaired) electrons. The van der Waals surface area contributed by atoms with Crippen LogP contribution < -0.4 is 11.0 Å². The number of aromatic nitrogens is 2. The number of para-hydroxylation sites is 1. The van der Waals surface area contributed by atoms with Gasteiger partial charge in [0, 0.05) is 4.88 Å². The van der Waals surface area contributed by atoms with Crippen molar-refractivity contribution in [2.24, 2.45) is 5.10 Å². The Labute approximate surface area is 135 Å². The van der Waals surface area contributed by atoms with E-state index in [9.17, 15) is 4.79 Å². The molecule has 1 N–H and O–H groups in total. The van der Waals surface area contributed by atoms with E-state index in [2.05, 4.69) is 15.6 Å². The first-order valence-electron chi connectivity index (χ1n) is 6.41. The Hall–Kier alpha value is -2.44. The van der Waals surface area contributed by atoms with Gasteiger partial charge in [0.1, 0.15) is 10.7 Å². The molecule has 0 aliphatic heterocycles. The summed E-state index contributed by atoms with van der Waals surface area (Å²) >= 11 is 7.66. The third-order valence-electron chi connectivity index (χ3n) is 2.84. The molecule has 0 aliphatic carbocycles. The van der Waals surface area contributed by atoms with Gasteiger partial charge in [0.2, 0.25) is 0 Å². The molecule has 0 saturated heterocycles. The molecule has 0 atom stereocenters. The van der Waals surface area contributed by atoms with E-state index in [1.54, 1.807) is 29.7 Å². The Kier molecular flexibility index (Phi) is 4.32. The van der Waals surface area contributed by atoms with Crippen LogP contribution >= 0.6 is 22.9 Å². The van der Waals surface area contributed by atoms with Gasteiger partial charge < -0.3 is 0 Å². The van der Waals surface area contributed by atoms with Crippen molar-refractivity contribution in [2.75, 3.05) is 5.43 Å². The third kappa shape index (κ3) is 3.08. The Bertz CT molecular complexity index is 844. The maximum atomic E-state index is 12.3. The van der Waals surface area contributed by atoms with Crippen LogP contribution in [0.1, 0.15) is 4.88 Å². The molecule has 0 amide bonds. The Morgan fingerprint density at radius 3 is 2.77 bits per heavy atom. The maximum absolute atomic E-state index is 12.3. The van der Waals surface area contributed by atoms with Crippen LogP contribution in [-0.2, 0) is 0 Å². The smallest absolute Gasteiger partial charge is 0.275 e. The number of hydrogen-bond donors (Lipinski definition) is 1. The highest BCUT2D eigenvalue weighted by Crippen LogP contribution is 2.16. The predicted molar refractivity (Wildman–Crippen MR) is 90.4 cm³/mol. The third-order valence-corrected chi connectivity index (χ3v) is 4.01. The van der Waals surface area contributed by atoms with E-state index in [4.69, 9.17) is 11.6 Å². The normalized spacial score (nSPS) is 11.0. The number of anilines is 1. The largest absolute Gasteiger partial charge is 0.292 e. The molecule has 7 heteroatoms. The molecular weight excluding hydrogens is 320 g/mol. The van der Waals surface area contributed by atoms with Crippen molar-refractivity contribution in [3.05, 3.63) is 74.3 Å². The minimum atomic E-state index is -0.399. The molecule has 110 valence electrons. The van der Waals surface area contributed by atoms with Crippen LogP contribution in [0.25, 0.3) is 5.69 Å². The van der Waals surface area contributed by atoms with Gasteiger partial charge in [-0.3, -0.25) is 10.2 Å². The lowest BCUT2D eigenvalue weighted by Gasteiger charge is -2.07. The fraction of sp³-hybridized carbons (Fsp3) is 0. The summed E-state index contributed by atoms with van der Waals surface area (Å²) in [5.41, 5.74) is 3.36. The van der Waals surface area contributed by atoms with Gasteiger partial charge in [-0.2, -0.15) is 14.9 Å². The van der Waals surface area contributed by atoms with Gasteiger partial charge in [0.25, 0.3) is 5.56 Å². The van der Waals surface area contributed by atoms with E-state index in [1.165, 1.54) is 10.9 Å². The monoisotopic (exact) mass is 330 g/mol. The van der Waals surface area contributed by atoms with Crippen LogP contribution in [0.4, 0.5) is 5.69 Å². The first kappa shape index (κ1) is 14.5. The van der Waals surface area contributed by atoms with E-state index in [0.29, 0.717) is 11.4 Å².